The van der Waals surface area contributed by atoms with Crippen LogP contribution in [0.4, 0.5) is 0 Å². The number of ether oxygens (including phenoxy) is 6. The van der Waals surface area contributed by atoms with Gasteiger partial charge in [-0.2, -0.15) is 0 Å². The summed E-state index contributed by atoms with van der Waals surface area (Å²) < 4.78 is 35.9. The third-order valence-corrected chi connectivity index (χ3v) is 14.0. The van der Waals surface area contributed by atoms with E-state index in [9.17, 15) is 39.3 Å². The highest BCUT2D eigenvalue weighted by Crippen LogP contribution is 2.64. The Hall–Kier alpha value is -5.42. The molecule has 4 aliphatic rings. The van der Waals surface area contributed by atoms with Gasteiger partial charge in [-0.3, -0.25) is 24.0 Å². The molecule has 11 atom stereocenters. The number of hydrogen-bond donors (Lipinski definition) is 4. The Kier molecular flexibility index (Phi) is 13.7. The van der Waals surface area contributed by atoms with Crippen LogP contribution in [0.1, 0.15) is 103 Å². The van der Waals surface area contributed by atoms with Crippen molar-refractivity contribution in [3.8, 4) is 5.75 Å². The lowest BCUT2D eigenvalue weighted by Gasteiger charge is -2.67. The van der Waals surface area contributed by atoms with Gasteiger partial charge in [0.15, 0.2) is 17.5 Å². The largest absolute Gasteiger partial charge is 0.497 e. The van der Waals surface area contributed by atoms with E-state index in [1.165, 1.54) is 33.1 Å². The third-order valence-electron chi connectivity index (χ3n) is 14.0. The molecule has 3 aliphatic carbocycles. The second-order valence-corrected chi connectivity index (χ2v) is 17.9. The predicted octanol–water partition coefficient (Wildman–Crippen LogP) is 4.18. The predicted molar refractivity (Wildman–Crippen MR) is 227 cm³/mol. The minimum Gasteiger partial charge on any atom is -0.497 e. The molecule has 0 radical (unpaired) electrons. The van der Waals surface area contributed by atoms with Crippen LogP contribution in [-0.2, 0) is 47.7 Å². The van der Waals surface area contributed by atoms with Gasteiger partial charge in [0, 0.05) is 37.2 Å². The number of rotatable bonds is 13. The van der Waals surface area contributed by atoms with Crippen molar-refractivity contribution in [2.24, 2.45) is 16.7 Å². The zero-order chi connectivity index (χ0) is 47.1. The molecule has 6 rings (SSSR count). The van der Waals surface area contributed by atoms with Gasteiger partial charge in [0.1, 0.15) is 29.7 Å². The SMILES string of the molecule is C/C=C(\C)C(=O)N[C@@H](c1ccccc1)[C@@H](O)CC(=O)O[C@H]1C[C@@]2(O)[C@@H](OC(=O)c3cccc(OC)c3)C3[C@](C)(C(=O)[C@H](OC(=O)CC)C(=C1C)C2(C)C)[C@@H](O)C[C@H]1OC[C@@]31OC(C)=O. The molecule has 64 heavy (non-hydrogen) atoms. The first kappa shape index (κ1) is 48.0. The van der Waals surface area contributed by atoms with Gasteiger partial charge in [-0.15, -0.1) is 0 Å². The Bertz CT molecular complexity index is 2230. The molecule has 16 heteroatoms. The quantitative estimate of drug-likeness (QED) is 0.0957. The number of amides is 1. The van der Waals surface area contributed by atoms with Crippen molar-refractivity contribution in [1.82, 2.24) is 5.32 Å². The maximum absolute atomic E-state index is 15.6. The van der Waals surface area contributed by atoms with Crippen LogP contribution in [-0.4, -0.2) is 112 Å². The normalized spacial score (nSPS) is 31.6. The fraction of sp³-hybridized carbons (Fsp3) is 0.542. The molecule has 0 spiro atoms. The van der Waals surface area contributed by atoms with Crippen LogP contribution in [0, 0.1) is 16.7 Å². The highest BCUT2D eigenvalue weighted by Gasteiger charge is 2.78. The van der Waals surface area contributed by atoms with Crippen molar-refractivity contribution < 1.29 is 72.5 Å². The van der Waals surface area contributed by atoms with Crippen molar-refractivity contribution in [3.63, 3.8) is 0 Å². The Morgan fingerprint density at radius 2 is 1.67 bits per heavy atom. The molecule has 2 aromatic carbocycles. The lowest BCUT2D eigenvalue weighted by Crippen LogP contribution is -2.82. The Labute approximate surface area is 372 Å². The van der Waals surface area contributed by atoms with E-state index in [2.05, 4.69) is 5.32 Å². The number of carbonyl (C=O) groups is 6. The number of carbonyl (C=O) groups excluding carboxylic acids is 6. The molecular formula is C48H59NO15. The Balaban J connectivity index is 1.52. The maximum Gasteiger partial charge on any atom is 0.338 e. The van der Waals surface area contributed by atoms with E-state index in [0.29, 0.717) is 16.9 Å². The van der Waals surface area contributed by atoms with E-state index in [4.69, 9.17) is 28.4 Å². The molecule has 1 amide bonds. The smallest absolute Gasteiger partial charge is 0.338 e. The number of methoxy groups -OCH3 is 1. The van der Waals surface area contributed by atoms with Gasteiger partial charge in [-0.25, -0.2) is 4.79 Å². The molecular weight excluding hydrogens is 831 g/mol. The van der Waals surface area contributed by atoms with Gasteiger partial charge in [-0.05, 0) is 62.6 Å². The number of aliphatic hydroxyl groups is 3. The van der Waals surface area contributed by atoms with Crippen LogP contribution < -0.4 is 10.1 Å². The zero-order valence-electron chi connectivity index (χ0n) is 37.7. The summed E-state index contributed by atoms with van der Waals surface area (Å²) in [4.78, 5) is 83.6. The van der Waals surface area contributed by atoms with E-state index in [1.54, 1.807) is 83.2 Å². The monoisotopic (exact) mass is 889 g/mol. The molecule has 2 bridgehead atoms. The molecule has 2 aromatic rings. The topological polar surface area (TPSA) is 231 Å². The Morgan fingerprint density at radius 1 is 0.984 bits per heavy atom. The zero-order valence-corrected chi connectivity index (χ0v) is 37.7. The molecule has 3 fully saturated rings. The highest BCUT2D eigenvalue weighted by atomic mass is 16.6. The summed E-state index contributed by atoms with van der Waals surface area (Å²) in [5.74, 6) is -6.08. The highest BCUT2D eigenvalue weighted by molar-refractivity contribution is 5.96. The standard InChI is InChI=1S/C48H59NO15/c1-10-25(3)43(56)49-38(28-16-13-12-14-17-28)31(51)21-36(54)61-32-23-48(58)42(63-44(57)29-18-15-19-30(20-29)59-9)40-46(8,33(52)22-34-47(40,24-60-34)64-27(5)50)41(55)39(62-35(53)11-2)37(26(32)4)45(48,6)7/h10,12-20,31-34,38-40,42,51-52,58H,11,21-24H2,1-9H3,(H,49,56)/b25-10+/t31-,32-,33-,34+,38-,39+,40?,42-,46+,47-,48+/m0/s1. The fourth-order valence-corrected chi connectivity index (χ4v) is 10.2. The summed E-state index contributed by atoms with van der Waals surface area (Å²) in [5.41, 5.74) is -6.74. The summed E-state index contributed by atoms with van der Waals surface area (Å²) in [6.45, 7) is 11.8. The number of aliphatic hydroxyl groups excluding tert-OH is 2. The van der Waals surface area contributed by atoms with E-state index in [1.807, 2.05) is 0 Å². The van der Waals surface area contributed by atoms with Crippen LogP contribution in [0.2, 0.25) is 0 Å². The molecule has 1 aliphatic heterocycles. The van der Waals surface area contributed by atoms with Crippen molar-refractivity contribution in [2.45, 2.75) is 135 Å². The number of allylic oxidation sites excluding steroid dienone is 1. The lowest BCUT2D eigenvalue weighted by molar-refractivity contribution is -0.346. The second-order valence-electron chi connectivity index (χ2n) is 17.9. The second kappa shape index (κ2) is 18.2. The van der Waals surface area contributed by atoms with E-state index in [-0.39, 0.29) is 36.2 Å². The molecule has 1 heterocycles. The number of benzene rings is 2. The van der Waals surface area contributed by atoms with Crippen LogP contribution in [0.15, 0.2) is 77.4 Å². The van der Waals surface area contributed by atoms with Crippen molar-refractivity contribution in [3.05, 3.63) is 88.5 Å². The lowest BCUT2D eigenvalue weighted by atomic mass is 9.44. The molecule has 346 valence electrons. The number of fused-ring (bicyclic) bond motifs is 5. The Morgan fingerprint density at radius 3 is 2.27 bits per heavy atom. The van der Waals surface area contributed by atoms with Crippen LogP contribution in [0.25, 0.3) is 0 Å². The minimum atomic E-state index is -2.38. The summed E-state index contributed by atoms with van der Waals surface area (Å²) in [6, 6.07) is 13.5. The van der Waals surface area contributed by atoms with E-state index in [0.717, 1.165) is 6.92 Å². The summed E-state index contributed by atoms with van der Waals surface area (Å²) in [7, 11) is 1.41. The third kappa shape index (κ3) is 8.25. The van der Waals surface area contributed by atoms with Gasteiger partial charge < -0.3 is 49.1 Å². The molecule has 1 saturated heterocycles. The van der Waals surface area contributed by atoms with Crippen LogP contribution in [0.5, 0.6) is 5.75 Å². The fourth-order valence-electron chi connectivity index (χ4n) is 10.2. The van der Waals surface area contributed by atoms with Crippen molar-refractivity contribution in [2.75, 3.05) is 13.7 Å². The first-order valence-electron chi connectivity index (χ1n) is 21.5. The first-order valence-corrected chi connectivity index (χ1v) is 21.5. The number of nitrogens with one attached hydrogen (secondary N) is 1. The molecule has 1 unspecified atom stereocenters. The first-order chi connectivity index (χ1) is 30.1. The molecule has 4 N–H and O–H groups in total. The van der Waals surface area contributed by atoms with Gasteiger partial charge >= 0.3 is 23.9 Å². The maximum atomic E-state index is 15.6. The molecule has 0 aromatic heterocycles. The van der Waals surface area contributed by atoms with Gasteiger partial charge in [0.25, 0.3) is 0 Å². The average Bonchev–Trinajstić information content (AvgIpc) is 3.26. The van der Waals surface area contributed by atoms with Gasteiger partial charge in [-0.1, -0.05) is 63.2 Å². The van der Waals surface area contributed by atoms with Crippen LogP contribution >= 0.6 is 0 Å². The summed E-state index contributed by atoms with van der Waals surface area (Å²) >= 11 is 0. The van der Waals surface area contributed by atoms with E-state index >= 15 is 4.79 Å². The van der Waals surface area contributed by atoms with Crippen molar-refractivity contribution in [1.29, 1.82) is 0 Å². The number of hydrogen-bond acceptors (Lipinski definition) is 15. The van der Waals surface area contributed by atoms with E-state index < -0.39 is 119 Å². The number of ketones is 1. The van der Waals surface area contributed by atoms with Crippen molar-refractivity contribution >= 4 is 35.6 Å². The minimum absolute atomic E-state index is 0.00527. The van der Waals surface area contributed by atoms with Crippen LogP contribution in [0.3, 0.4) is 0 Å². The number of esters is 4. The summed E-state index contributed by atoms with van der Waals surface area (Å²) in [6.07, 6.45) is -9.09. The number of Topliss-reactive ketones (excluding diaryl/α,β-unsaturated/α-hetero) is 1. The average molecular weight is 890 g/mol. The molecule has 2 saturated carbocycles. The van der Waals surface area contributed by atoms with Gasteiger partial charge in [0.05, 0.1) is 55.3 Å². The van der Waals surface area contributed by atoms with Gasteiger partial charge in [0.2, 0.25) is 5.91 Å². The molecule has 16 nitrogen and oxygen atoms in total. The summed E-state index contributed by atoms with van der Waals surface area (Å²) in [5, 5.41) is 40.3.